The zero-order valence-corrected chi connectivity index (χ0v) is 23.2. The van der Waals surface area contributed by atoms with Crippen molar-refractivity contribution >= 4 is 21.6 Å². The summed E-state index contributed by atoms with van der Waals surface area (Å²) in [5.74, 6) is 0.815. The number of amides is 1. The van der Waals surface area contributed by atoms with Crippen LogP contribution in [-0.4, -0.2) is 28.5 Å². The molecule has 0 heterocycles. The minimum Gasteiger partial charge on any atom is -0.497 e. The Hall–Kier alpha value is -4.30. The largest absolute Gasteiger partial charge is 0.497 e. The normalized spacial score (nSPS) is 11.9. The Morgan fingerprint density at radius 3 is 2.21 bits per heavy atom. The number of benzene rings is 4. The van der Waals surface area contributed by atoms with E-state index >= 15 is 0 Å². The maximum Gasteiger partial charge on any atom is 0.264 e. The molecule has 0 bridgehead atoms. The van der Waals surface area contributed by atoms with E-state index in [9.17, 15) is 13.2 Å². The fourth-order valence-electron chi connectivity index (χ4n) is 4.30. The van der Waals surface area contributed by atoms with Gasteiger partial charge in [-0.25, -0.2) is 8.42 Å². The third-order valence-corrected chi connectivity index (χ3v) is 8.22. The molecule has 8 heteroatoms. The van der Waals surface area contributed by atoms with Gasteiger partial charge in [0.15, 0.2) is 0 Å². The molecule has 4 rings (SSSR count). The summed E-state index contributed by atoms with van der Waals surface area (Å²) in [5.41, 5.74) is 2.99. The number of anilines is 1. The van der Waals surface area contributed by atoms with E-state index in [2.05, 4.69) is 5.32 Å². The summed E-state index contributed by atoms with van der Waals surface area (Å²) in [6.45, 7) is 3.79. The van der Waals surface area contributed by atoms with E-state index in [1.807, 2.05) is 44.2 Å². The van der Waals surface area contributed by atoms with Crippen LogP contribution in [0.2, 0.25) is 0 Å². The van der Waals surface area contributed by atoms with Crippen molar-refractivity contribution in [2.45, 2.75) is 31.3 Å². The zero-order valence-electron chi connectivity index (χ0n) is 22.4. The Bertz CT molecular complexity index is 1540. The van der Waals surface area contributed by atoms with E-state index in [0.717, 1.165) is 16.7 Å². The van der Waals surface area contributed by atoms with Crippen molar-refractivity contribution in [3.63, 3.8) is 0 Å². The first-order chi connectivity index (χ1) is 18.7. The lowest BCUT2D eigenvalue weighted by Gasteiger charge is -2.27. The Balaban J connectivity index is 1.74. The highest BCUT2D eigenvalue weighted by Crippen LogP contribution is 2.32. The van der Waals surface area contributed by atoms with Crippen molar-refractivity contribution in [3.05, 3.63) is 119 Å². The number of nitrogens with zero attached hydrogens (tertiary/aromatic N) is 1. The molecular weight excluding hydrogens is 512 g/mol. The molecule has 39 heavy (non-hydrogen) atoms. The number of hydrogen-bond acceptors (Lipinski definition) is 5. The Kier molecular flexibility index (Phi) is 8.56. The van der Waals surface area contributed by atoms with Gasteiger partial charge in [0.25, 0.3) is 15.9 Å². The molecule has 1 amide bonds. The number of ether oxygens (including phenoxy) is 2. The standard InChI is InChI=1S/C31H32N2O5S/c1-22-14-17-26(18-15-22)39(35,36)33(21-24-10-6-5-7-11-24)29-13-9-8-12-27(29)31(34)32-23(2)28-20-25(37-3)16-19-30(28)38-4/h5-20,23H,21H2,1-4H3,(H,32,34)/t23-/m0/s1. The number of methoxy groups -OCH3 is 2. The smallest absolute Gasteiger partial charge is 0.264 e. The predicted molar refractivity (Wildman–Crippen MR) is 153 cm³/mol. The van der Waals surface area contributed by atoms with Gasteiger partial charge >= 0.3 is 0 Å². The van der Waals surface area contributed by atoms with Gasteiger partial charge in [0, 0.05) is 5.56 Å². The first kappa shape index (κ1) is 27.7. The molecule has 0 saturated heterocycles. The van der Waals surface area contributed by atoms with E-state index in [1.165, 1.54) is 4.31 Å². The molecule has 7 nitrogen and oxygen atoms in total. The number of para-hydroxylation sites is 1. The van der Waals surface area contributed by atoms with Gasteiger partial charge in [-0.05, 0) is 61.9 Å². The number of sulfonamides is 1. The third kappa shape index (κ3) is 6.23. The van der Waals surface area contributed by atoms with Crippen LogP contribution < -0.4 is 19.1 Å². The molecule has 0 radical (unpaired) electrons. The van der Waals surface area contributed by atoms with Crippen LogP contribution in [0.4, 0.5) is 5.69 Å². The lowest BCUT2D eigenvalue weighted by atomic mass is 10.1. The van der Waals surface area contributed by atoms with Crippen LogP contribution in [0.3, 0.4) is 0 Å². The highest BCUT2D eigenvalue weighted by molar-refractivity contribution is 7.92. The molecule has 0 fully saturated rings. The molecule has 0 spiro atoms. The van der Waals surface area contributed by atoms with Crippen molar-refractivity contribution in [2.24, 2.45) is 0 Å². The van der Waals surface area contributed by atoms with Gasteiger partial charge in [0.05, 0.1) is 43.0 Å². The van der Waals surface area contributed by atoms with Crippen LogP contribution in [0.1, 0.15) is 40.0 Å². The van der Waals surface area contributed by atoms with Gasteiger partial charge in [-0.1, -0.05) is 60.2 Å². The number of rotatable bonds is 10. The van der Waals surface area contributed by atoms with Gasteiger partial charge in [-0.2, -0.15) is 0 Å². The molecule has 0 aliphatic carbocycles. The molecule has 0 saturated carbocycles. The SMILES string of the molecule is COc1ccc(OC)c([C@H](C)NC(=O)c2ccccc2N(Cc2ccccc2)S(=O)(=O)c2ccc(C)cc2)c1. The molecular formula is C31H32N2O5S. The summed E-state index contributed by atoms with van der Waals surface area (Å²) in [7, 11) is -0.876. The van der Waals surface area contributed by atoms with Gasteiger partial charge in [-0.15, -0.1) is 0 Å². The van der Waals surface area contributed by atoms with Crippen LogP contribution >= 0.6 is 0 Å². The van der Waals surface area contributed by atoms with Crippen molar-refractivity contribution in [1.82, 2.24) is 5.32 Å². The molecule has 0 aromatic heterocycles. The van der Waals surface area contributed by atoms with Crippen molar-refractivity contribution in [1.29, 1.82) is 0 Å². The summed E-state index contributed by atoms with van der Waals surface area (Å²) in [6, 6.07) is 27.6. The van der Waals surface area contributed by atoms with Gasteiger partial charge in [0.1, 0.15) is 11.5 Å². The lowest BCUT2D eigenvalue weighted by Crippen LogP contribution is -2.34. The summed E-state index contributed by atoms with van der Waals surface area (Å²) in [5, 5.41) is 3.00. The number of nitrogens with one attached hydrogen (secondary N) is 1. The van der Waals surface area contributed by atoms with Gasteiger partial charge < -0.3 is 14.8 Å². The molecule has 0 aliphatic heterocycles. The monoisotopic (exact) mass is 544 g/mol. The summed E-state index contributed by atoms with van der Waals surface area (Å²) in [4.78, 5) is 13.8. The molecule has 4 aromatic carbocycles. The van der Waals surface area contributed by atoms with Crippen molar-refractivity contribution in [2.75, 3.05) is 18.5 Å². The van der Waals surface area contributed by atoms with Crippen molar-refractivity contribution < 1.29 is 22.7 Å². The minimum atomic E-state index is -4.01. The second-order valence-electron chi connectivity index (χ2n) is 9.13. The van der Waals surface area contributed by atoms with Crippen LogP contribution in [0, 0.1) is 6.92 Å². The lowest BCUT2D eigenvalue weighted by molar-refractivity contribution is 0.0940. The van der Waals surface area contributed by atoms with Crippen LogP contribution in [-0.2, 0) is 16.6 Å². The average molecular weight is 545 g/mol. The Morgan fingerprint density at radius 1 is 0.872 bits per heavy atom. The number of carbonyl (C=O) groups excluding carboxylic acids is 1. The zero-order chi connectivity index (χ0) is 28.0. The number of carbonyl (C=O) groups is 1. The van der Waals surface area contributed by atoms with Gasteiger partial charge in [-0.3, -0.25) is 9.10 Å². The summed E-state index contributed by atoms with van der Waals surface area (Å²) < 4.78 is 40.1. The minimum absolute atomic E-state index is 0.0562. The maximum absolute atomic E-state index is 14.0. The van der Waals surface area contributed by atoms with E-state index in [0.29, 0.717) is 11.5 Å². The van der Waals surface area contributed by atoms with Gasteiger partial charge in [0.2, 0.25) is 0 Å². The molecule has 0 aliphatic rings. The van der Waals surface area contributed by atoms with E-state index in [1.54, 1.807) is 80.9 Å². The average Bonchev–Trinajstić information content (AvgIpc) is 2.96. The van der Waals surface area contributed by atoms with Crippen LogP contribution in [0.5, 0.6) is 11.5 Å². The highest BCUT2D eigenvalue weighted by Gasteiger charge is 2.29. The predicted octanol–water partition coefficient (Wildman–Crippen LogP) is 5.90. The fourth-order valence-corrected chi connectivity index (χ4v) is 5.77. The molecule has 4 aromatic rings. The molecule has 1 N–H and O–H groups in total. The third-order valence-electron chi connectivity index (χ3n) is 6.45. The second-order valence-corrected chi connectivity index (χ2v) is 11.0. The molecule has 1 atom stereocenters. The fraction of sp³-hybridized carbons (Fsp3) is 0.194. The summed E-state index contributed by atoms with van der Waals surface area (Å²) >= 11 is 0. The highest BCUT2D eigenvalue weighted by atomic mass is 32.2. The Labute approximate surface area is 230 Å². The van der Waals surface area contributed by atoms with Crippen LogP contribution in [0.15, 0.2) is 102 Å². The van der Waals surface area contributed by atoms with E-state index < -0.39 is 22.0 Å². The number of aryl methyl sites for hydroxylation is 1. The quantitative estimate of drug-likeness (QED) is 0.269. The van der Waals surface area contributed by atoms with Crippen molar-refractivity contribution in [3.8, 4) is 11.5 Å². The second kappa shape index (κ2) is 12.0. The van der Waals surface area contributed by atoms with Crippen LogP contribution in [0.25, 0.3) is 0 Å². The first-order valence-electron chi connectivity index (χ1n) is 12.5. The summed E-state index contributed by atoms with van der Waals surface area (Å²) in [6.07, 6.45) is 0. The maximum atomic E-state index is 14.0. The van der Waals surface area contributed by atoms with E-state index in [-0.39, 0.29) is 22.7 Å². The Morgan fingerprint density at radius 2 is 1.54 bits per heavy atom. The topological polar surface area (TPSA) is 84.9 Å². The molecule has 0 unspecified atom stereocenters. The number of hydrogen-bond donors (Lipinski definition) is 1. The molecule has 202 valence electrons. The first-order valence-corrected chi connectivity index (χ1v) is 13.9. The van der Waals surface area contributed by atoms with E-state index in [4.69, 9.17) is 9.47 Å².